The number of methoxy groups -OCH3 is 1. The van der Waals surface area contributed by atoms with Crippen molar-refractivity contribution in [3.8, 4) is 11.5 Å². The minimum Gasteiger partial charge on any atom is -0.493 e. The molecule has 170 valence electrons. The van der Waals surface area contributed by atoms with Crippen molar-refractivity contribution in [2.45, 2.75) is 25.9 Å². The summed E-state index contributed by atoms with van der Waals surface area (Å²) in [6, 6.07) is 23.1. The van der Waals surface area contributed by atoms with Crippen LogP contribution in [-0.4, -0.2) is 29.2 Å². The van der Waals surface area contributed by atoms with E-state index >= 15 is 0 Å². The summed E-state index contributed by atoms with van der Waals surface area (Å²) in [7, 11) is 1.64. The predicted octanol–water partition coefficient (Wildman–Crippen LogP) is 5.60. The molecule has 0 saturated carbocycles. The minimum absolute atomic E-state index is 0.125. The molecule has 0 unspecified atom stereocenters. The van der Waals surface area contributed by atoms with Crippen LogP contribution in [0.5, 0.6) is 11.5 Å². The monoisotopic (exact) mass is 507 g/mol. The molecule has 1 N–H and O–H groups in total. The number of halogens is 1. The molecule has 0 aliphatic carbocycles. The number of hydrogen-bond donors (Lipinski definition) is 1. The Morgan fingerprint density at radius 2 is 1.79 bits per heavy atom. The predicted molar refractivity (Wildman–Crippen MR) is 133 cm³/mol. The van der Waals surface area contributed by atoms with E-state index in [1.54, 1.807) is 19.2 Å². The van der Waals surface area contributed by atoms with Crippen molar-refractivity contribution in [1.29, 1.82) is 0 Å². The lowest BCUT2D eigenvalue weighted by molar-refractivity contribution is 0.0949. The van der Waals surface area contributed by atoms with Gasteiger partial charge in [0.2, 0.25) is 0 Å². The summed E-state index contributed by atoms with van der Waals surface area (Å²) in [6.45, 7) is 1.75. The Kier molecular flexibility index (Phi) is 7.62. The first-order valence-electron chi connectivity index (χ1n) is 10.9. The van der Waals surface area contributed by atoms with E-state index in [9.17, 15) is 4.79 Å². The van der Waals surface area contributed by atoms with Crippen LogP contribution in [0.25, 0.3) is 11.0 Å². The number of nitrogens with zero attached hydrogens (tertiary/aromatic N) is 2. The molecule has 1 aromatic heterocycles. The van der Waals surface area contributed by atoms with Crippen molar-refractivity contribution in [2.24, 2.45) is 0 Å². The molecule has 7 heteroatoms. The molecule has 4 rings (SSSR count). The Morgan fingerprint density at radius 1 is 1.00 bits per heavy atom. The Labute approximate surface area is 201 Å². The van der Waals surface area contributed by atoms with Gasteiger partial charge in [-0.05, 0) is 55.3 Å². The molecule has 4 aromatic rings. The fourth-order valence-corrected chi connectivity index (χ4v) is 4.09. The molecule has 0 bridgehead atoms. The van der Waals surface area contributed by atoms with Gasteiger partial charge in [0.15, 0.2) is 11.5 Å². The number of nitrogens with one attached hydrogen (secondary N) is 1. The number of aromatic nitrogens is 2. The summed E-state index contributed by atoms with van der Waals surface area (Å²) in [6.07, 6.45) is 1.80. The Balaban J connectivity index is 1.38. The molecule has 6 nitrogen and oxygen atoms in total. The van der Waals surface area contributed by atoms with E-state index in [1.807, 2.05) is 54.6 Å². The number of ether oxygens (including phenoxy) is 2. The van der Waals surface area contributed by atoms with Crippen molar-refractivity contribution in [3.63, 3.8) is 0 Å². The smallest absolute Gasteiger partial charge is 0.251 e. The number of imidazole rings is 1. The molecule has 0 fully saturated rings. The lowest BCUT2D eigenvalue weighted by Crippen LogP contribution is -2.24. The van der Waals surface area contributed by atoms with Crippen LogP contribution < -0.4 is 14.8 Å². The third-order valence-electron chi connectivity index (χ3n) is 5.33. The first kappa shape index (κ1) is 22.9. The van der Waals surface area contributed by atoms with Crippen LogP contribution in [0.1, 0.15) is 29.0 Å². The van der Waals surface area contributed by atoms with Gasteiger partial charge in [0.25, 0.3) is 5.91 Å². The van der Waals surface area contributed by atoms with E-state index < -0.39 is 0 Å². The topological polar surface area (TPSA) is 65.4 Å². The van der Waals surface area contributed by atoms with E-state index in [0.717, 1.165) is 52.2 Å². The molecule has 1 amide bonds. The summed E-state index contributed by atoms with van der Waals surface area (Å²) in [4.78, 5) is 17.3. The second-order valence-electron chi connectivity index (χ2n) is 7.57. The number of carbonyl (C=O) groups is 1. The highest BCUT2D eigenvalue weighted by atomic mass is 79.9. The van der Waals surface area contributed by atoms with E-state index in [2.05, 4.69) is 31.9 Å². The quantitative estimate of drug-likeness (QED) is 0.284. The summed E-state index contributed by atoms with van der Waals surface area (Å²) in [5, 5.41) is 3.00. The van der Waals surface area contributed by atoms with Gasteiger partial charge in [0.1, 0.15) is 5.82 Å². The number of carbonyl (C=O) groups excluding carboxylic acids is 1. The maximum Gasteiger partial charge on any atom is 0.251 e. The van der Waals surface area contributed by atoms with E-state index in [0.29, 0.717) is 18.7 Å². The van der Waals surface area contributed by atoms with Gasteiger partial charge >= 0.3 is 0 Å². The molecule has 3 aromatic carbocycles. The second-order valence-corrected chi connectivity index (χ2v) is 8.48. The fourth-order valence-electron chi connectivity index (χ4n) is 3.69. The third-order valence-corrected chi connectivity index (χ3v) is 5.82. The molecule has 0 aliphatic heterocycles. The van der Waals surface area contributed by atoms with E-state index in [4.69, 9.17) is 14.5 Å². The van der Waals surface area contributed by atoms with Crippen LogP contribution in [0.2, 0.25) is 0 Å². The lowest BCUT2D eigenvalue weighted by atomic mass is 10.2. The van der Waals surface area contributed by atoms with Crippen LogP contribution in [0.15, 0.2) is 77.3 Å². The maximum absolute atomic E-state index is 12.6. The van der Waals surface area contributed by atoms with Crippen LogP contribution in [0.3, 0.4) is 0 Å². The molecule has 0 aliphatic rings. The zero-order valence-electron chi connectivity index (χ0n) is 18.5. The fraction of sp³-hybridized carbons (Fsp3) is 0.231. The summed E-state index contributed by atoms with van der Waals surface area (Å²) < 4.78 is 14.3. The Bertz CT molecular complexity index is 1240. The minimum atomic E-state index is -0.125. The van der Waals surface area contributed by atoms with Gasteiger partial charge in [-0.1, -0.05) is 46.3 Å². The SMILES string of the molecule is COc1ccccc1OCCCCn1c(CNC(=O)c2cccc(Br)c2)nc2ccccc21. The van der Waals surface area contributed by atoms with Gasteiger partial charge in [-0.15, -0.1) is 0 Å². The van der Waals surface area contributed by atoms with E-state index in [-0.39, 0.29) is 5.91 Å². The normalized spacial score (nSPS) is 10.8. The first-order chi connectivity index (χ1) is 16.2. The van der Waals surface area contributed by atoms with Crippen molar-refractivity contribution < 1.29 is 14.3 Å². The molecule has 0 radical (unpaired) electrons. The number of unbranched alkanes of at least 4 members (excludes halogenated alkanes) is 1. The van der Waals surface area contributed by atoms with Crippen molar-refractivity contribution >= 4 is 32.9 Å². The largest absolute Gasteiger partial charge is 0.493 e. The number of aryl methyl sites for hydroxylation is 1. The molecule has 1 heterocycles. The van der Waals surface area contributed by atoms with Crippen molar-refractivity contribution in [1.82, 2.24) is 14.9 Å². The maximum atomic E-state index is 12.6. The lowest BCUT2D eigenvalue weighted by Gasteiger charge is -2.12. The summed E-state index contributed by atoms with van der Waals surface area (Å²) >= 11 is 3.41. The molecule has 0 saturated heterocycles. The Morgan fingerprint density at radius 3 is 2.61 bits per heavy atom. The van der Waals surface area contributed by atoms with Gasteiger partial charge < -0.3 is 19.4 Å². The van der Waals surface area contributed by atoms with Crippen LogP contribution in [0.4, 0.5) is 0 Å². The Hall–Kier alpha value is -3.32. The average Bonchev–Trinajstić information content (AvgIpc) is 3.20. The second kappa shape index (κ2) is 11.0. The van der Waals surface area contributed by atoms with Gasteiger partial charge in [-0.25, -0.2) is 4.98 Å². The zero-order chi connectivity index (χ0) is 23.0. The average molecular weight is 508 g/mol. The van der Waals surface area contributed by atoms with Gasteiger partial charge in [-0.2, -0.15) is 0 Å². The number of para-hydroxylation sites is 4. The zero-order valence-corrected chi connectivity index (χ0v) is 20.0. The third kappa shape index (κ3) is 5.73. The van der Waals surface area contributed by atoms with Gasteiger partial charge in [-0.3, -0.25) is 4.79 Å². The number of benzene rings is 3. The van der Waals surface area contributed by atoms with Crippen LogP contribution in [-0.2, 0) is 13.1 Å². The molecule has 0 spiro atoms. The summed E-state index contributed by atoms with van der Waals surface area (Å²) in [5.41, 5.74) is 2.60. The number of fused-ring (bicyclic) bond motifs is 1. The highest BCUT2D eigenvalue weighted by Gasteiger charge is 2.13. The van der Waals surface area contributed by atoms with Gasteiger partial charge in [0, 0.05) is 16.6 Å². The van der Waals surface area contributed by atoms with E-state index in [1.165, 1.54) is 0 Å². The standard InChI is InChI=1S/C26H26BrN3O3/c1-32-23-13-4-5-14-24(23)33-16-7-6-15-30-22-12-3-2-11-21(22)29-25(30)18-28-26(31)19-9-8-10-20(27)17-19/h2-5,8-14,17H,6-7,15-16,18H2,1H3,(H,28,31). The first-order valence-corrected chi connectivity index (χ1v) is 11.7. The van der Waals surface area contributed by atoms with Gasteiger partial charge in [0.05, 0.1) is 31.3 Å². The molecule has 33 heavy (non-hydrogen) atoms. The number of hydrogen-bond acceptors (Lipinski definition) is 4. The van der Waals surface area contributed by atoms with Crippen LogP contribution >= 0.6 is 15.9 Å². The summed E-state index contributed by atoms with van der Waals surface area (Å²) in [5.74, 6) is 2.20. The molecule has 0 atom stereocenters. The van der Waals surface area contributed by atoms with Crippen molar-refractivity contribution in [2.75, 3.05) is 13.7 Å². The highest BCUT2D eigenvalue weighted by Crippen LogP contribution is 2.26. The highest BCUT2D eigenvalue weighted by molar-refractivity contribution is 9.10. The number of amides is 1. The van der Waals surface area contributed by atoms with Crippen molar-refractivity contribution in [3.05, 3.63) is 88.7 Å². The molecular formula is C26H26BrN3O3. The van der Waals surface area contributed by atoms with Crippen LogP contribution in [0, 0.1) is 0 Å². The number of rotatable bonds is 10. The molecular weight excluding hydrogens is 482 g/mol.